The van der Waals surface area contributed by atoms with Gasteiger partial charge < -0.3 is 29.5 Å². The van der Waals surface area contributed by atoms with Crippen LogP contribution < -0.4 is 10.1 Å². The lowest BCUT2D eigenvalue weighted by molar-refractivity contribution is -0.137. The van der Waals surface area contributed by atoms with E-state index in [2.05, 4.69) is 5.32 Å². The minimum atomic E-state index is -1.04. The van der Waals surface area contributed by atoms with Gasteiger partial charge in [0.15, 0.2) is 0 Å². The smallest absolute Gasteiger partial charge is 0.407 e. The monoisotopic (exact) mass is 510 g/mol. The number of nitrogens with zero attached hydrogens (tertiary/aromatic N) is 1. The summed E-state index contributed by atoms with van der Waals surface area (Å²) in [5.74, 6) is -0.0642. The summed E-state index contributed by atoms with van der Waals surface area (Å²) in [5.41, 5.74) is 1.58. The van der Waals surface area contributed by atoms with Crippen LogP contribution in [0.25, 0.3) is 5.57 Å². The van der Waals surface area contributed by atoms with E-state index in [1.165, 1.54) is 11.0 Å². The van der Waals surface area contributed by atoms with Gasteiger partial charge in [-0.1, -0.05) is 42.5 Å². The van der Waals surface area contributed by atoms with Crippen LogP contribution in [0.15, 0.2) is 54.6 Å². The van der Waals surface area contributed by atoms with Crippen molar-refractivity contribution in [2.45, 2.75) is 50.0 Å². The van der Waals surface area contributed by atoms with Crippen LogP contribution in [0.3, 0.4) is 0 Å². The molecule has 3 aliphatic rings. The highest BCUT2D eigenvalue weighted by atomic mass is 19.1. The molecule has 2 aliphatic heterocycles. The van der Waals surface area contributed by atoms with E-state index < -0.39 is 17.7 Å². The Morgan fingerprint density at radius 3 is 2.78 bits per heavy atom. The molecule has 0 aromatic heterocycles. The molecule has 2 aromatic rings. The van der Waals surface area contributed by atoms with Gasteiger partial charge in [-0.2, -0.15) is 0 Å². The van der Waals surface area contributed by atoms with Crippen molar-refractivity contribution in [2.24, 2.45) is 0 Å². The topological polar surface area (TPSA) is 97.3 Å². The van der Waals surface area contributed by atoms with Crippen molar-refractivity contribution >= 4 is 17.6 Å². The first-order chi connectivity index (χ1) is 17.9. The molecule has 5 rings (SSSR count). The molecule has 0 radical (unpaired) electrons. The van der Waals surface area contributed by atoms with Gasteiger partial charge in [0.2, 0.25) is 5.91 Å². The number of rotatable bonds is 7. The van der Waals surface area contributed by atoms with Gasteiger partial charge in [-0.3, -0.25) is 4.79 Å². The summed E-state index contributed by atoms with van der Waals surface area (Å²) in [4.78, 5) is 25.2. The van der Waals surface area contributed by atoms with Crippen molar-refractivity contribution in [1.29, 1.82) is 0 Å². The summed E-state index contributed by atoms with van der Waals surface area (Å²) in [6.45, 7) is 1.03. The van der Waals surface area contributed by atoms with E-state index in [1.54, 1.807) is 12.1 Å². The number of likely N-dealkylation sites (tertiary alicyclic amines) is 1. The molecule has 1 spiro atoms. The number of allylic oxidation sites excluding steroid dienone is 1. The van der Waals surface area contributed by atoms with E-state index in [-0.39, 0.29) is 37.6 Å². The zero-order chi connectivity index (χ0) is 25.8. The molecule has 8 nitrogen and oxygen atoms in total. The molecular formula is C28H31FN2O6. The van der Waals surface area contributed by atoms with Crippen LogP contribution in [0.5, 0.6) is 5.75 Å². The third kappa shape index (κ3) is 5.47. The Hall–Kier alpha value is -3.43. The number of amides is 2. The average molecular weight is 511 g/mol. The molecule has 2 fully saturated rings. The number of hydrogen-bond acceptors (Lipinski definition) is 5. The number of hydrogen-bond donors (Lipinski definition) is 2. The molecule has 0 saturated carbocycles. The van der Waals surface area contributed by atoms with Gasteiger partial charge in [0, 0.05) is 6.54 Å². The lowest BCUT2D eigenvalue weighted by Gasteiger charge is -2.40. The second kappa shape index (κ2) is 10.9. The zero-order valence-corrected chi connectivity index (χ0v) is 20.5. The Morgan fingerprint density at radius 1 is 1.22 bits per heavy atom. The van der Waals surface area contributed by atoms with E-state index in [1.807, 2.05) is 36.4 Å². The van der Waals surface area contributed by atoms with Crippen LogP contribution in [0, 0.1) is 5.82 Å². The quantitative estimate of drug-likeness (QED) is 0.585. The summed E-state index contributed by atoms with van der Waals surface area (Å²) < 4.78 is 32.5. The Morgan fingerprint density at radius 2 is 2.05 bits per heavy atom. The summed E-state index contributed by atoms with van der Waals surface area (Å²) >= 11 is 0. The van der Waals surface area contributed by atoms with E-state index in [4.69, 9.17) is 14.2 Å². The Bertz CT molecular complexity index is 1170. The average Bonchev–Trinajstić information content (AvgIpc) is 3.24. The summed E-state index contributed by atoms with van der Waals surface area (Å²) in [6.07, 6.45) is 3.10. The Kier molecular flexibility index (Phi) is 7.43. The number of benzene rings is 2. The predicted molar refractivity (Wildman–Crippen MR) is 134 cm³/mol. The van der Waals surface area contributed by atoms with Gasteiger partial charge in [0.1, 0.15) is 24.8 Å². The largest absolute Gasteiger partial charge is 0.488 e. The minimum Gasteiger partial charge on any atom is -0.488 e. The second-order valence-electron chi connectivity index (χ2n) is 9.79. The van der Waals surface area contributed by atoms with Gasteiger partial charge in [-0.05, 0) is 49.0 Å². The fourth-order valence-electron chi connectivity index (χ4n) is 5.50. The maximum absolute atomic E-state index is 14.9. The normalized spacial score (nSPS) is 25.6. The molecule has 2 aromatic carbocycles. The minimum absolute atomic E-state index is 0.0221. The van der Waals surface area contributed by atoms with Crippen LogP contribution in [0.1, 0.15) is 36.8 Å². The van der Waals surface area contributed by atoms with Crippen LogP contribution >= 0.6 is 0 Å². The molecule has 2 heterocycles. The maximum Gasteiger partial charge on any atom is 0.407 e. The molecular weight excluding hydrogens is 479 g/mol. The summed E-state index contributed by atoms with van der Waals surface area (Å²) in [6, 6.07) is 14.1. The van der Waals surface area contributed by atoms with Crippen molar-refractivity contribution < 1.29 is 33.3 Å². The Balaban J connectivity index is 1.24. The highest BCUT2D eigenvalue weighted by Crippen LogP contribution is 2.37. The standard InChI is InChI=1S/C28H31FN2O6/c29-22-7-4-8-23(37-15-19-5-2-1-3-6-19)26(22)20-9-11-21(12-10-20)36-16-24-28(13-14-31(24)27(33)34)18-35-17-25(32)30-28/h1-9,21,24H,10-18H2,(H,30,32)(H,33,34). The van der Waals surface area contributed by atoms with Crippen LogP contribution in [-0.2, 0) is 20.9 Å². The van der Waals surface area contributed by atoms with Gasteiger partial charge in [-0.25, -0.2) is 9.18 Å². The molecule has 196 valence electrons. The van der Waals surface area contributed by atoms with Gasteiger partial charge >= 0.3 is 6.09 Å². The number of morpholine rings is 1. The Labute approximate surface area is 215 Å². The van der Waals surface area contributed by atoms with Gasteiger partial charge in [0.05, 0.1) is 36.5 Å². The van der Waals surface area contributed by atoms with Crippen LogP contribution in [0.4, 0.5) is 9.18 Å². The molecule has 2 amide bonds. The molecule has 37 heavy (non-hydrogen) atoms. The van der Waals surface area contributed by atoms with E-state index in [0.29, 0.717) is 50.1 Å². The fourth-order valence-corrected chi connectivity index (χ4v) is 5.50. The van der Waals surface area contributed by atoms with Gasteiger partial charge in [0.25, 0.3) is 0 Å². The molecule has 2 N–H and O–H groups in total. The van der Waals surface area contributed by atoms with E-state index in [9.17, 15) is 19.1 Å². The van der Waals surface area contributed by atoms with Gasteiger partial charge in [-0.15, -0.1) is 0 Å². The predicted octanol–water partition coefficient (Wildman–Crippen LogP) is 3.99. The van der Waals surface area contributed by atoms with Crippen molar-refractivity contribution in [3.8, 4) is 5.75 Å². The molecule has 3 atom stereocenters. The number of halogens is 1. The third-order valence-corrected chi connectivity index (χ3v) is 7.43. The van der Waals surface area contributed by atoms with E-state index in [0.717, 1.165) is 11.1 Å². The van der Waals surface area contributed by atoms with Crippen molar-refractivity contribution in [3.63, 3.8) is 0 Å². The number of carbonyl (C=O) groups is 2. The molecule has 2 saturated heterocycles. The first kappa shape index (κ1) is 25.2. The second-order valence-corrected chi connectivity index (χ2v) is 9.79. The summed E-state index contributed by atoms with van der Waals surface area (Å²) in [7, 11) is 0. The third-order valence-electron chi connectivity index (χ3n) is 7.43. The fraction of sp³-hybridized carbons (Fsp3) is 0.429. The summed E-state index contributed by atoms with van der Waals surface area (Å²) in [5, 5.41) is 12.7. The van der Waals surface area contributed by atoms with Crippen molar-refractivity contribution in [1.82, 2.24) is 10.2 Å². The zero-order valence-electron chi connectivity index (χ0n) is 20.5. The van der Waals surface area contributed by atoms with Crippen LogP contribution in [0.2, 0.25) is 0 Å². The first-order valence-corrected chi connectivity index (χ1v) is 12.6. The molecule has 1 aliphatic carbocycles. The number of carbonyl (C=O) groups excluding carboxylic acids is 1. The van der Waals surface area contributed by atoms with Crippen LogP contribution in [-0.4, -0.2) is 66.1 Å². The first-order valence-electron chi connectivity index (χ1n) is 12.6. The van der Waals surface area contributed by atoms with Crippen molar-refractivity contribution in [3.05, 3.63) is 71.6 Å². The van der Waals surface area contributed by atoms with Crippen molar-refractivity contribution in [2.75, 3.05) is 26.4 Å². The maximum atomic E-state index is 14.9. The lowest BCUT2D eigenvalue weighted by atomic mass is 9.89. The highest BCUT2D eigenvalue weighted by molar-refractivity contribution is 5.79. The number of ether oxygens (including phenoxy) is 3. The molecule has 3 unspecified atom stereocenters. The molecule has 0 bridgehead atoms. The highest BCUT2D eigenvalue weighted by Gasteiger charge is 2.52. The lowest BCUT2D eigenvalue weighted by Crippen LogP contribution is -2.65. The molecule has 9 heteroatoms. The number of nitrogens with one attached hydrogen (secondary N) is 1. The van der Waals surface area contributed by atoms with E-state index >= 15 is 0 Å². The SMILES string of the molecule is O=C1COCC2(CCN(C(=O)O)C2COC2CC=C(c3c(F)cccc3OCc3ccccc3)CC2)N1. The number of carboxylic acid groups (broad SMARTS) is 1.